The van der Waals surface area contributed by atoms with Gasteiger partial charge < -0.3 is 15.2 Å². The van der Waals surface area contributed by atoms with Crippen molar-refractivity contribution >= 4 is 11.6 Å². The molecule has 2 N–H and O–H groups in total. The van der Waals surface area contributed by atoms with Gasteiger partial charge in [-0.1, -0.05) is 42.8 Å². The van der Waals surface area contributed by atoms with Crippen molar-refractivity contribution in [2.75, 3.05) is 6.54 Å². The van der Waals surface area contributed by atoms with E-state index in [0.717, 1.165) is 29.8 Å². The molecule has 0 aliphatic carbocycles. The Labute approximate surface area is 242 Å². The Morgan fingerprint density at radius 3 is 2.07 bits per heavy atom. The van der Waals surface area contributed by atoms with Crippen molar-refractivity contribution in [3.63, 3.8) is 0 Å². The second kappa shape index (κ2) is 12.7. The number of aliphatic hydroxyl groups is 1. The monoisotopic (exact) mass is 611 g/mol. The summed E-state index contributed by atoms with van der Waals surface area (Å²) in [6, 6.07) is 15.9. The van der Waals surface area contributed by atoms with Crippen molar-refractivity contribution in [3.8, 4) is 11.5 Å². The standard InChI is InChI=1S/C31H25ClF7NO2/c1-2-18-14-24(11-12-26(18)32)42-23-5-3-4-20(15-23)29(25-16-22(31(37,38)39)10-13-27(25)33)40-17-28(41)19-6-8-21(9-7-19)30(34,35)36/h3-16,28-29,40-41H,2,17H2,1H3. The normalized spacial score (nSPS) is 13.6. The van der Waals surface area contributed by atoms with E-state index < -0.39 is 41.4 Å². The van der Waals surface area contributed by atoms with E-state index in [9.17, 15) is 31.4 Å². The van der Waals surface area contributed by atoms with Gasteiger partial charge in [-0.05, 0) is 83.8 Å². The van der Waals surface area contributed by atoms with E-state index >= 15 is 4.39 Å². The Morgan fingerprint density at radius 1 is 0.786 bits per heavy atom. The maximum atomic E-state index is 15.0. The molecule has 0 saturated heterocycles. The van der Waals surface area contributed by atoms with Gasteiger partial charge in [-0.15, -0.1) is 0 Å². The van der Waals surface area contributed by atoms with Gasteiger partial charge in [0.1, 0.15) is 17.3 Å². The fraction of sp³-hybridized carbons (Fsp3) is 0.226. The van der Waals surface area contributed by atoms with Crippen LogP contribution in [0.4, 0.5) is 30.7 Å². The van der Waals surface area contributed by atoms with E-state index in [2.05, 4.69) is 5.32 Å². The van der Waals surface area contributed by atoms with Crippen molar-refractivity contribution in [2.45, 2.75) is 37.8 Å². The summed E-state index contributed by atoms with van der Waals surface area (Å²) in [6.45, 7) is 1.60. The molecule has 3 nitrogen and oxygen atoms in total. The van der Waals surface area contributed by atoms with Crippen LogP contribution in [0.1, 0.15) is 52.5 Å². The number of alkyl halides is 6. The summed E-state index contributed by atoms with van der Waals surface area (Å²) in [4.78, 5) is 0. The second-order valence-electron chi connectivity index (χ2n) is 9.49. The van der Waals surface area contributed by atoms with Gasteiger partial charge in [0.25, 0.3) is 0 Å². The number of aryl methyl sites for hydroxylation is 1. The van der Waals surface area contributed by atoms with Gasteiger partial charge in [-0.2, -0.15) is 26.3 Å². The SMILES string of the molecule is CCc1cc(Oc2cccc(C(NCC(O)c3ccc(C(F)(F)F)cc3)c3cc(C(F)(F)F)ccc3F)c2)ccc1Cl. The summed E-state index contributed by atoms with van der Waals surface area (Å²) in [5, 5.41) is 14.1. The van der Waals surface area contributed by atoms with Crippen molar-refractivity contribution in [2.24, 2.45) is 0 Å². The number of ether oxygens (including phenoxy) is 1. The highest BCUT2D eigenvalue weighted by Gasteiger charge is 2.33. The molecule has 4 aromatic rings. The zero-order chi connectivity index (χ0) is 30.7. The maximum Gasteiger partial charge on any atom is 0.416 e. The largest absolute Gasteiger partial charge is 0.457 e. The van der Waals surface area contributed by atoms with E-state index in [1.165, 1.54) is 6.07 Å². The fourth-order valence-corrected chi connectivity index (χ4v) is 4.62. The highest BCUT2D eigenvalue weighted by Crippen LogP contribution is 2.36. The van der Waals surface area contributed by atoms with Crippen molar-refractivity contribution in [1.29, 1.82) is 0 Å². The van der Waals surface area contributed by atoms with Gasteiger partial charge in [0.15, 0.2) is 0 Å². The minimum atomic E-state index is -4.75. The van der Waals surface area contributed by atoms with Gasteiger partial charge in [-0.25, -0.2) is 4.39 Å². The Balaban J connectivity index is 1.67. The third-order valence-corrected chi connectivity index (χ3v) is 6.97. The number of hydrogen-bond donors (Lipinski definition) is 2. The van der Waals surface area contributed by atoms with E-state index in [0.29, 0.717) is 46.7 Å². The van der Waals surface area contributed by atoms with Gasteiger partial charge in [0, 0.05) is 17.1 Å². The van der Waals surface area contributed by atoms with Gasteiger partial charge in [-0.3, -0.25) is 0 Å². The maximum absolute atomic E-state index is 15.0. The van der Waals surface area contributed by atoms with Crippen LogP contribution in [0.3, 0.4) is 0 Å². The molecular weight excluding hydrogens is 587 g/mol. The van der Waals surface area contributed by atoms with Crippen LogP contribution in [0.2, 0.25) is 5.02 Å². The Morgan fingerprint density at radius 2 is 1.43 bits per heavy atom. The molecule has 0 bridgehead atoms. The van der Waals surface area contributed by atoms with E-state index in [1.54, 1.807) is 36.4 Å². The van der Waals surface area contributed by atoms with Crippen LogP contribution in [0, 0.1) is 5.82 Å². The van der Waals surface area contributed by atoms with Crippen LogP contribution < -0.4 is 10.1 Å². The number of nitrogens with one attached hydrogen (secondary N) is 1. The number of benzene rings is 4. The van der Waals surface area contributed by atoms with Crippen LogP contribution in [0.5, 0.6) is 11.5 Å². The Hall–Kier alpha value is -3.60. The molecule has 0 saturated carbocycles. The molecule has 222 valence electrons. The molecular formula is C31H25ClF7NO2. The quantitative estimate of drug-likeness (QED) is 0.185. The molecule has 0 amide bonds. The summed E-state index contributed by atoms with van der Waals surface area (Å²) in [7, 11) is 0. The van der Waals surface area contributed by atoms with E-state index in [4.69, 9.17) is 16.3 Å². The summed E-state index contributed by atoms with van der Waals surface area (Å²) in [5.41, 5.74) is -1.04. The zero-order valence-electron chi connectivity index (χ0n) is 22.0. The van der Waals surface area contributed by atoms with Crippen LogP contribution in [-0.4, -0.2) is 11.7 Å². The molecule has 2 unspecified atom stereocenters. The molecule has 42 heavy (non-hydrogen) atoms. The van der Waals surface area contributed by atoms with Gasteiger partial charge in [0.05, 0.1) is 23.3 Å². The molecule has 0 fully saturated rings. The van der Waals surface area contributed by atoms with Crippen LogP contribution in [0.25, 0.3) is 0 Å². The first-order valence-corrected chi connectivity index (χ1v) is 13.2. The van der Waals surface area contributed by atoms with Crippen molar-refractivity contribution in [3.05, 3.63) is 129 Å². The predicted molar refractivity (Wildman–Crippen MR) is 145 cm³/mol. The Bertz CT molecular complexity index is 1520. The highest BCUT2D eigenvalue weighted by molar-refractivity contribution is 6.31. The summed E-state index contributed by atoms with van der Waals surface area (Å²) < 4.78 is 100. The highest BCUT2D eigenvalue weighted by atomic mass is 35.5. The zero-order valence-corrected chi connectivity index (χ0v) is 22.8. The summed E-state index contributed by atoms with van der Waals surface area (Å²) in [6.07, 6.45) is -10.0. The summed E-state index contributed by atoms with van der Waals surface area (Å²) >= 11 is 6.18. The third kappa shape index (κ3) is 7.61. The van der Waals surface area contributed by atoms with E-state index in [1.807, 2.05) is 6.92 Å². The third-order valence-electron chi connectivity index (χ3n) is 6.60. The molecule has 0 radical (unpaired) electrons. The minimum absolute atomic E-state index is 0.130. The Kier molecular flexibility index (Phi) is 9.50. The molecule has 2 atom stereocenters. The average molecular weight is 612 g/mol. The molecule has 0 heterocycles. The summed E-state index contributed by atoms with van der Waals surface area (Å²) in [5.74, 6) is -0.165. The number of hydrogen-bond acceptors (Lipinski definition) is 3. The van der Waals surface area contributed by atoms with Gasteiger partial charge in [0.2, 0.25) is 0 Å². The smallest absolute Gasteiger partial charge is 0.416 e. The second-order valence-corrected chi connectivity index (χ2v) is 9.90. The molecule has 4 rings (SSSR count). The number of aliphatic hydroxyl groups excluding tert-OH is 1. The van der Waals surface area contributed by atoms with Crippen LogP contribution in [-0.2, 0) is 18.8 Å². The fourth-order valence-electron chi connectivity index (χ4n) is 4.37. The molecule has 0 spiro atoms. The number of halogens is 8. The topological polar surface area (TPSA) is 41.5 Å². The molecule has 4 aromatic carbocycles. The lowest BCUT2D eigenvalue weighted by Gasteiger charge is -2.24. The first-order valence-electron chi connectivity index (χ1n) is 12.8. The first-order chi connectivity index (χ1) is 19.8. The van der Waals surface area contributed by atoms with Gasteiger partial charge >= 0.3 is 12.4 Å². The van der Waals surface area contributed by atoms with Crippen LogP contribution >= 0.6 is 11.6 Å². The van der Waals surface area contributed by atoms with E-state index in [-0.39, 0.29) is 17.7 Å². The lowest BCUT2D eigenvalue weighted by Crippen LogP contribution is -2.28. The lowest BCUT2D eigenvalue weighted by atomic mass is 9.95. The molecule has 0 aliphatic heterocycles. The number of rotatable bonds is 9. The van der Waals surface area contributed by atoms with Crippen molar-refractivity contribution in [1.82, 2.24) is 5.32 Å². The lowest BCUT2D eigenvalue weighted by molar-refractivity contribution is -0.138. The van der Waals surface area contributed by atoms with Crippen molar-refractivity contribution < 1.29 is 40.6 Å². The average Bonchev–Trinajstić information content (AvgIpc) is 2.94. The molecule has 0 aliphatic rings. The predicted octanol–water partition coefficient (Wildman–Crippen LogP) is 9.28. The molecule has 0 aromatic heterocycles. The van der Waals surface area contributed by atoms with Crippen LogP contribution in [0.15, 0.2) is 84.9 Å². The molecule has 11 heteroatoms. The minimum Gasteiger partial charge on any atom is -0.457 e. The first kappa shape index (κ1) is 31.3.